The maximum atomic E-state index is 12.4. The third kappa shape index (κ3) is 4.52. The number of thioether (sulfide) groups is 1. The van der Waals surface area contributed by atoms with Gasteiger partial charge in [0.05, 0.1) is 12.2 Å². The third-order valence-corrected chi connectivity index (χ3v) is 4.78. The van der Waals surface area contributed by atoms with E-state index in [-0.39, 0.29) is 18.6 Å². The van der Waals surface area contributed by atoms with Crippen LogP contribution in [0.15, 0.2) is 24.3 Å². The molecule has 1 aliphatic rings. The first-order chi connectivity index (χ1) is 10.2. The fraction of sp³-hybridized carbons (Fsp3) is 0.471. The number of benzene rings is 1. The van der Waals surface area contributed by atoms with E-state index < -0.39 is 0 Å². The van der Waals surface area contributed by atoms with Crippen LogP contribution in [-0.4, -0.2) is 35.2 Å². The predicted molar refractivity (Wildman–Crippen MR) is 87.4 cm³/mol. The second-order valence-electron chi connectivity index (χ2n) is 5.16. The van der Waals surface area contributed by atoms with Crippen molar-refractivity contribution in [3.8, 4) is 11.8 Å². The lowest BCUT2D eigenvalue weighted by Gasteiger charge is -2.13. The summed E-state index contributed by atoms with van der Waals surface area (Å²) in [5.41, 5.74) is 1.35. The second-order valence-corrected chi connectivity index (χ2v) is 6.30. The molecule has 2 rings (SSSR count). The molecule has 0 aromatic heterocycles. The lowest BCUT2D eigenvalue weighted by atomic mass is 10.1. The van der Waals surface area contributed by atoms with Crippen LogP contribution in [0.4, 0.5) is 0 Å². The highest BCUT2D eigenvalue weighted by molar-refractivity contribution is 7.99. The zero-order valence-electron chi connectivity index (χ0n) is 12.3. The third-order valence-electron chi connectivity index (χ3n) is 3.68. The molecule has 1 aliphatic carbocycles. The largest absolute Gasteiger partial charge is 0.395 e. The summed E-state index contributed by atoms with van der Waals surface area (Å²) in [6.07, 6.45) is 5.82. The van der Waals surface area contributed by atoms with E-state index in [9.17, 15) is 4.79 Å². The number of aliphatic hydroxyl groups excluding tert-OH is 1. The Kier molecular flexibility index (Phi) is 6.16. The maximum absolute atomic E-state index is 12.4. The summed E-state index contributed by atoms with van der Waals surface area (Å²) < 4.78 is 0. The van der Waals surface area contributed by atoms with Crippen LogP contribution in [0, 0.1) is 11.8 Å². The zero-order chi connectivity index (χ0) is 15.1. The highest BCUT2D eigenvalue weighted by atomic mass is 32.2. The van der Waals surface area contributed by atoms with Gasteiger partial charge in [-0.3, -0.25) is 4.79 Å². The van der Waals surface area contributed by atoms with Gasteiger partial charge in [0.2, 0.25) is 0 Å². The van der Waals surface area contributed by atoms with Crippen molar-refractivity contribution in [3.05, 3.63) is 35.4 Å². The minimum Gasteiger partial charge on any atom is -0.395 e. The first-order valence-corrected chi connectivity index (χ1v) is 8.55. The zero-order valence-corrected chi connectivity index (χ0v) is 13.1. The van der Waals surface area contributed by atoms with Gasteiger partial charge >= 0.3 is 0 Å². The van der Waals surface area contributed by atoms with Crippen molar-refractivity contribution >= 4 is 17.7 Å². The molecule has 1 saturated carbocycles. The number of carbonyl (C=O) groups excluding carboxylic acids is 1. The standard InChI is InChI=1S/C17H21NO2S/c1-21-15-10-9-14(12-15)18-17(20)16-8-3-2-6-13(16)7-4-5-11-19/h2-3,6,8,14-15,19H,5,9-12H2,1H3,(H,18,20). The maximum Gasteiger partial charge on any atom is 0.252 e. The molecule has 1 aromatic carbocycles. The lowest BCUT2D eigenvalue weighted by molar-refractivity contribution is 0.0937. The monoisotopic (exact) mass is 303 g/mol. The van der Waals surface area contributed by atoms with Crippen LogP contribution in [-0.2, 0) is 0 Å². The molecule has 4 heteroatoms. The van der Waals surface area contributed by atoms with E-state index in [0.717, 1.165) is 18.4 Å². The minimum atomic E-state index is -0.0457. The number of nitrogens with one attached hydrogen (secondary N) is 1. The summed E-state index contributed by atoms with van der Waals surface area (Å²) in [5, 5.41) is 12.6. The summed E-state index contributed by atoms with van der Waals surface area (Å²) in [7, 11) is 0. The van der Waals surface area contributed by atoms with Crippen molar-refractivity contribution in [2.75, 3.05) is 12.9 Å². The first-order valence-electron chi connectivity index (χ1n) is 7.27. The molecular weight excluding hydrogens is 282 g/mol. The molecule has 3 nitrogen and oxygen atoms in total. The highest BCUT2D eigenvalue weighted by Crippen LogP contribution is 2.28. The molecular formula is C17H21NO2S. The van der Waals surface area contributed by atoms with Crippen molar-refractivity contribution < 1.29 is 9.90 Å². The van der Waals surface area contributed by atoms with Gasteiger partial charge in [-0.1, -0.05) is 24.0 Å². The Hall–Kier alpha value is -1.44. The molecule has 1 amide bonds. The molecule has 0 aliphatic heterocycles. The van der Waals surface area contributed by atoms with Crippen LogP contribution < -0.4 is 5.32 Å². The average Bonchev–Trinajstić information content (AvgIpc) is 2.95. The van der Waals surface area contributed by atoms with Gasteiger partial charge in [-0.2, -0.15) is 11.8 Å². The van der Waals surface area contributed by atoms with E-state index in [2.05, 4.69) is 23.4 Å². The Labute approximate surface area is 130 Å². The van der Waals surface area contributed by atoms with E-state index in [0.29, 0.717) is 17.2 Å². The molecule has 0 spiro atoms. The fourth-order valence-corrected chi connectivity index (χ4v) is 3.35. The average molecular weight is 303 g/mol. The van der Waals surface area contributed by atoms with Crippen LogP contribution in [0.5, 0.6) is 0 Å². The number of carbonyl (C=O) groups is 1. The molecule has 0 bridgehead atoms. The predicted octanol–water partition coefficient (Wildman–Crippen LogP) is 2.43. The molecule has 112 valence electrons. The van der Waals surface area contributed by atoms with Crippen LogP contribution in [0.25, 0.3) is 0 Å². The van der Waals surface area contributed by atoms with Gasteiger partial charge in [0.1, 0.15) is 0 Å². The Bertz CT molecular complexity index is 547. The normalized spacial score (nSPS) is 20.7. The van der Waals surface area contributed by atoms with E-state index in [1.807, 2.05) is 30.0 Å². The van der Waals surface area contributed by atoms with Crippen LogP contribution in [0.1, 0.15) is 41.6 Å². The van der Waals surface area contributed by atoms with Crippen molar-refractivity contribution in [2.45, 2.75) is 37.0 Å². The van der Waals surface area contributed by atoms with Gasteiger partial charge in [-0.05, 0) is 37.7 Å². The van der Waals surface area contributed by atoms with Crippen molar-refractivity contribution in [2.24, 2.45) is 0 Å². The van der Waals surface area contributed by atoms with E-state index in [1.165, 1.54) is 6.42 Å². The van der Waals surface area contributed by atoms with Crippen LogP contribution >= 0.6 is 11.8 Å². The van der Waals surface area contributed by atoms with E-state index in [4.69, 9.17) is 5.11 Å². The highest BCUT2D eigenvalue weighted by Gasteiger charge is 2.25. The van der Waals surface area contributed by atoms with Crippen molar-refractivity contribution in [3.63, 3.8) is 0 Å². The number of amides is 1. The Balaban J connectivity index is 2.04. The lowest BCUT2D eigenvalue weighted by Crippen LogP contribution is -2.33. The van der Waals surface area contributed by atoms with Gasteiger partial charge in [0.15, 0.2) is 0 Å². The summed E-state index contributed by atoms with van der Waals surface area (Å²) in [5.74, 6) is 5.79. The van der Waals surface area contributed by atoms with E-state index >= 15 is 0 Å². The summed E-state index contributed by atoms with van der Waals surface area (Å²) in [6, 6.07) is 7.65. The van der Waals surface area contributed by atoms with Gasteiger partial charge in [-0.25, -0.2) is 0 Å². The number of aliphatic hydroxyl groups is 1. The SMILES string of the molecule is CSC1CCC(NC(=O)c2ccccc2C#CCCO)C1. The number of hydrogen-bond acceptors (Lipinski definition) is 3. The molecule has 0 heterocycles. The van der Waals surface area contributed by atoms with Gasteiger partial charge in [0, 0.05) is 23.3 Å². The molecule has 21 heavy (non-hydrogen) atoms. The van der Waals surface area contributed by atoms with Gasteiger partial charge < -0.3 is 10.4 Å². The van der Waals surface area contributed by atoms with Crippen molar-refractivity contribution in [1.82, 2.24) is 5.32 Å². The fourth-order valence-electron chi connectivity index (χ4n) is 2.55. The number of hydrogen-bond donors (Lipinski definition) is 2. The molecule has 2 N–H and O–H groups in total. The molecule has 0 saturated heterocycles. The minimum absolute atomic E-state index is 0.0412. The molecule has 1 aromatic rings. The smallest absolute Gasteiger partial charge is 0.252 e. The Morgan fingerprint density at radius 3 is 2.95 bits per heavy atom. The van der Waals surface area contributed by atoms with Crippen LogP contribution in [0.3, 0.4) is 0 Å². The molecule has 0 radical (unpaired) electrons. The quantitative estimate of drug-likeness (QED) is 0.840. The first kappa shape index (κ1) is 15.9. The van der Waals surface area contributed by atoms with Gasteiger partial charge in [0.25, 0.3) is 5.91 Å². The topological polar surface area (TPSA) is 49.3 Å². The van der Waals surface area contributed by atoms with Crippen LogP contribution in [0.2, 0.25) is 0 Å². The Morgan fingerprint density at radius 2 is 2.24 bits per heavy atom. The molecule has 1 fully saturated rings. The van der Waals surface area contributed by atoms with Crippen molar-refractivity contribution in [1.29, 1.82) is 0 Å². The summed E-state index contributed by atoms with van der Waals surface area (Å²) in [4.78, 5) is 12.4. The number of rotatable bonds is 4. The second kappa shape index (κ2) is 8.11. The Morgan fingerprint density at radius 1 is 1.43 bits per heavy atom. The molecule has 2 unspecified atom stereocenters. The summed E-state index contributed by atoms with van der Waals surface area (Å²) >= 11 is 1.88. The summed E-state index contributed by atoms with van der Waals surface area (Å²) in [6.45, 7) is 0.0412. The van der Waals surface area contributed by atoms with E-state index in [1.54, 1.807) is 6.07 Å². The molecule has 2 atom stereocenters. The van der Waals surface area contributed by atoms with Gasteiger partial charge in [-0.15, -0.1) is 0 Å².